The summed E-state index contributed by atoms with van der Waals surface area (Å²) in [6, 6.07) is 22.9. The monoisotopic (exact) mass is 549 g/mol. The Labute approximate surface area is 212 Å². The molecule has 2 heterocycles. The number of aromatic nitrogens is 3. The first-order chi connectivity index (χ1) is 16.9. The lowest BCUT2D eigenvalue weighted by molar-refractivity contribution is 0.580. The standard InChI is InChI=1S/C26H24BrN5O2S/c1-18-7-2-5-10-22(18)24-16-25(32-26(31-24)23(27)17-29-32)28-13-6-14-30-35(33,34)21-12-11-19-8-3-4-9-20(19)15-21/h2-5,7-12,15-17,28,30H,6,13-14H2,1H3. The molecule has 7 nitrogen and oxygen atoms in total. The second-order valence-corrected chi connectivity index (χ2v) is 10.9. The molecule has 0 bridgehead atoms. The number of nitrogens with zero attached hydrogens (tertiary/aromatic N) is 3. The van der Waals surface area contributed by atoms with Crippen molar-refractivity contribution in [3.05, 3.63) is 89.0 Å². The van der Waals surface area contributed by atoms with Gasteiger partial charge in [-0.1, -0.05) is 54.6 Å². The predicted molar refractivity (Wildman–Crippen MR) is 143 cm³/mol. The molecule has 0 radical (unpaired) electrons. The topological polar surface area (TPSA) is 88.4 Å². The van der Waals surface area contributed by atoms with Crippen LogP contribution in [0, 0.1) is 6.92 Å². The predicted octanol–water partition coefficient (Wildman–Crippen LogP) is 5.40. The molecule has 178 valence electrons. The Morgan fingerprint density at radius 2 is 1.71 bits per heavy atom. The van der Waals surface area contributed by atoms with Gasteiger partial charge in [0.1, 0.15) is 5.82 Å². The summed E-state index contributed by atoms with van der Waals surface area (Å²) in [4.78, 5) is 5.05. The average Bonchev–Trinajstić information content (AvgIpc) is 3.24. The van der Waals surface area contributed by atoms with Crippen LogP contribution in [0.25, 0.3) is 27.7 Å². The van der Waals surface area contributed by atoms with E-state index in [4.69, 9.17) is 4.98 Å². The smallest absolute Gasteiger partial charge is 0.240 e. The average molecular weight is 550 g/mol. The molecule has 5 aromatic rings. The third-order valence-corrected chi connectivity index (χ3v) is 7.85. The van der Waals surface area contributed by atoms with Crippen LogP contribution in [-0.4, -0.2) is 36.1 Å². The largest absolute Gasteiger partial charge is 0.370 e. The number of halogens is 1. The summed E-state index contributed by atoms with van der Waals surface area (Å²) in [5.41, 5.74) is 3.74. The molecular formula is C26H24BrN5O2S. The van der Waals surface area contributed by atoms with Gasteiger partial charge in [0.25, 0.3) is 0 Å². The fourth-order valence-corrected chi connectivity index (χ4v) is 5.45. The van der Waals surface area contributed by atoms with Gasteiger partial charge in [-0.3, -0.25) is 0 Å². The van der Waals surface area contributed by atoms with E-state index in [0.717, 1.165) is 37.9 Å². The molecule has 0 fully saturated rings. The molecule has 0 saturated heterocycles. The van der Waals surface area contributed by atoms with Gasteiger partial charge in [0.15, 0.2) is 5.65 Å². The lowest BCUT2D eigenvalue weighted by Crippen LogP contribution is -2.26. The van der Waals surface area contributed by atoms with Gasteiger partial charge in [0.2, 0.25) is 10.0 Å². The first-order valence-electron chi connectivity index (χ1n) is 11.2. The van der Waals surface area contributed by atoms with E-state index in [1.807, 2.05) is 54.6 Å². The van der Waals surface area contributed by atoms with Gasteiger partial charge >= 0.3 is 0 Å². The van der Waals surface area contributed by atoms with Crippen LogP contribution in [0.5, 0.6) is 0 Å². The summed E-state index contributed by atoms with van der Waals surface area (Å²) in [7, 11) is -3.59. The second kappa shape index (κ2) is 9.77. The summed E-state index contributed by atoms with van der Waals surface area (Å²) in [5.74, 6) is 0.788. The van der Waals surface area contributed by atoms with Crippen LogP contribution in [0.3, 0.4) is 0 Å². The number of benzene rings is 3. The van der Waals surface area contributed by atoms with Crippen molar-refractivity contribution in [1.29, 1.82) is 0 Å². The third kappa shape index (κ3) is 4.93. The molecule has 0 saturated carbocycles. The Hall–Kier alpha value is -3.27. The molecule has 3 aromatic carbocycles. The van der Waals surface area contributed by atoms with Crippen molar-refractivity contribution in [1.82, 2.24) is 19.3 Å². The Balaban J connectivity index is 1.27. The minimum atomic E-state index is -3.59. The quantitative estimate of drug-likeness (QED) is 0.253. The zero-order chi connectivity index (χ0) is 24.4. The van der Waals surface area contributed by atoms with E-state index in [1.54, 1.807) is 22.8 Å². The van der Waals surface area contributed by atoms with Crippen molar-refractivity contribution in [3.8, 4) is 11.3 Å². The van der Waals surface area contributed by atoms with E-state index in [1.165, 1.54) is 0 Å². The lowest BCUT2D eigenvalue weighted by Gasteiger charge is -2.12. The SMILES string of the molecule is Cc1ccccc1-c1cc(NCCCNS(=O)(=O)c2ccc3ccccc3c2)n2ncc(Br)c2n1. The first kappa shape index (κ1) is 23.5. The second-order valence-electron chi connectivity index (χ2n) is 8.26. The van der Waals surface area contributed by atoms with Crippen molar-refractivity contribution >= 4 is 48.2 Å². The third-order valence-electron chi connectivity index (χ3n) is 5.83. The normalized spacial score (nSPS) is 11.8. The van der Waals surface area contributed by atoms with Crippen LogP contribution in [0.1, 0.15) is 12.0 Å². The highest BCUT2D eigenvalue weighted by molar-refractivity contribution is 9.10. The highest BCUT2D eigenvalue weighted by atomic mass is 79.9. The Kier molecular flexibility index (Phi) is 6.55. The summed E-state index contributed by atoms with van der Waals surface area (Å²) in [6.07, 6.45) is 2.31. The molecule has 0 spiro atoms. The molecule has 0 aliphatic rings. The van der Waals surface area contributed by atoms with Crippen molar-refractivity contribution in [2.45, 2.75) is 18.2 Å². The molecule has 0 atom stereocenters. The minimum Gasteiger partial charge on any atom is -0.370 e. The van der Waals surface area contributed by atoms with E-state index in [9.17, 15) is 8.42 Å². The van der Waals surface area contributed by atoms with Gasteiger partial charge in [-0.25, -0.2) is 18.1 Å². The summed E-state index contributed by atoms with van der Waals surface area (Å²) in [6.45, 7) is 2.93. The van der Waals surface area contributed by atoms with E-state index in [-0.39, 0.29) is 4.90 Å². The molecule has 2 N–H and O–H groups in total. The number of aryl methyl sites for hydroxylation is 1. The van der Waals surface area contributed by atoms with Gasteiger partial charge in [-0.05, 0) is 57.7 Å². The molecule has 0 amide bonds. The van der Waals surface area contributed by atoms with Crippen molar-refractivity contribution in [3.63, 3.8) is 0 Å². The Morgan fingerprint density at radius 1 is 0.943 bits per heavy atom. The molecule has 5 rings (SSSR count). The van der Waals surface area contributed by atoms with Crippen LogP contribution in [-0.2, 0) is 10.0 Å². The summed E-state index contributed by atoms with van der Waals surface area (Å²) in [5, 5.41) is 9.70. The number of hydrogen-bond acceptors (Lipinski definition) is 5. The van der Waals surface area contributed by atoms with Gasteiger partial charge < -0.3 is 5.32 Å². The summed E-state index contributed by atoms with van der Waals surface area (Å²) < 4.78 is 30.8. The molecule has 9 heteroatoms. The maximum atomic E-state index is 12.8. The number of hydrogen-bond donors (Lipinski definition) is 2. The number of fused-ring (bicyclic) bond motifs is 2. The van der Waals surface area contributed by atoms with Crippen LogP contribution < -0.4 is 10.0 Å². The van der Waals surface area contributed by atoms with E-state index >= 15 is 0 Å². The van der Waals surface area contributed by atoms with Gasteiger partial charge in [0, 0.05) is 24.7 Å². The van der Waals surface area contributed by atoms with E-state index in [0.29, 0.717) is 25.2 Å². The molecule has 35 heavy (non-hydrogen) atoms. The lowest BCUT2D eigenvalue weighted by atomic mass is 10.1. The van der Waals surface area contributed by atoms with Crippen LogP contribution in [0.4, 0.5) is 5.82 Å². The maximum absolute atomic E-state index is 12.8. The van der Waals surface area contributed by atoms with Gasteiger partial charge in [-0.15, -0.1) is 0 Å². The highest BCUT2D eigenvalue weighted by Crippen LogP contribution is 2.27. The van der Waals surface area contributed by atoms with Crippen molar-refractivity contribution in [2.24, 2.45) is 0 Å². The van der Waals surface area contributed by atoms with Gasteiger partial charge in [-0.2, -0.15) is 9.61 Å². The highest BCUT2D eigenvalue weighted by Gasteiger charge is 2.15. The molecule has 0 unspecified atom stereocenters. The maximum Gasteiger partial charge on any atom is 0.240 e. The van der Waals surface area contributed by atoms with Gasteiger partial charge in [0.05, 0.1) is 21.3 Å². The fourth-order valence-electron chi connectivity index (χ4n) is 3.99. The van der Waals surface area contributed by atoms with E-state index < -0.39 is 10.0 Å². The van der Waals surface area contributed by atoms with Crippen LogP contribution in [0.15, 0.2) is 88.4 Å². The van der Waals surface area contributed by atoms with Crippen molar-refractivity contribution in [2.75, 3.05) is 18.4 Å². The molecule has 0 aliphatic heterocycles. The number of sulfonamides is 1. The fraction of sp³-hybridized carbons (Fsp3) is 0.154. The molecule has 2 aromatic heterocycles. The zero-order valence-electron chi connectivity index (χ0n) is 19.1. The number of rotatable bonds is 8. The Bertz CT molecular complexity index is 1630. The van der Waals surface area contributed by atoms with Crippen LogP contribution in [0.2, 0.25) is 0 Å². The minimum absolute atomic E-state index is 0.268. The summed E-state index contributed by atoms with van der Waals surface area (Å²) >= 11 is 3.53. The number of anilines is 1. The van der Waals surface area contributed by atoms with Crippen molar-refractivity contribution < 1.29 is 8.42 Å². The van der Waals surface area contributed by atoms with E-state index in [2.05, 4.69) is 44.1 Å². The molecular weight excluding hydrogens is 526 g/mol. The molecule has 0 aliphatic carbocycles. The zero-order valence-corrected chi connectivity index (χ0v) is 21.5. The van der Waals surface area contributed by atoms with Crippen LogP contribution >= 0.6 is 15.9 Å². The first-order valence-corrected chi connectivity index (χ1v) is 13.5. The number of nitrogens with one attached hydrogen (secondary N) is 2. The Morgan fingerprint density at radius 3 is 2.54 bits per heavy atom.